The van der Waals surface area contributed by atoms with Crippen molar-refractivity contribution in [2.75, 3.05) is 0 Å². The Morgan fingerprint density at radius 2 is 2.26 bits per heavy atom. The highest BCUT2D eigenvalue weighted by Crippen LogP contribution is 2.20. The van der Waals surface area contributed by atoms with E-state index in [1.807, 2.05) is 20.8 Å². The van der Waals surface area contributed by atoms with Gasteiger partial charge < -0.3 is 9.88 Å². The van der Waals surface area contributed by atoms with Gasteiger partial charge in [-0.3, -0.25) is 14.9 Å². The molecule has 1 heterocycles. The van der Waals surface area contributed by atoms with Gasteiger partial charge in [0.05, 0.1) is 17.2 Å². The number of nitro groups is 1. The van der Waals surface area contributed by atoms with Crippen molar-refractivity contribution >= 4 is 11.6 Å². The molecule has 0 saturated heterocycles. The lowest BCUT2D eigenvalue weighted by Gasteiger charge is -2.14. The molecule has 0 spiro atoms. The molecule has 0 radical (unpaired) electrons. The molecule has 0 aliphatic heterocycles. The lowest BCUT2D eigenvalue weighted by Crippen LogP contribution is -2.34. The van der Waals surface area contributed by atoms with Crippen LogP contribution in [0, 0.1) is 22.5 Å². The van der Waals surface area contributed by atoms with Gasteiger partial charge in [0.15, 0.2) is 0 Å². The van der Waals surface area contributed by atoms with Crippen molar-refractivity contribution in [3.05, 3.63) is 28.1 Å². The van der Waals surface area contributed by atoms with Gasteiger partial charge >= 0.3 is 0 Å². The molecule has 102 valence electrons. The van der Waals surface area contributed by atoms with E-state index in [-0.39, 0.29) is 23.5 Å². The van der Waals surface area contributed by atoms with Crippen LogP contribution in [0.3, 0.4) is 0 Å². The lowest BCUT2D eigenvalue weighted by atomic mass is 10.2. The van der Waals surface area contributed by atoms with E-state index in [4.69, 9.17) is 6.42 Å². The first-order chi connectivity index (χ1) is 8.90. The summed E-state index contributed by atoms with van der Waals surface area (Å²) in [6.07, 6.45) is 7.24. The highest BCUT2D eigenvalue weighted by molar-refractivity contribution is 5.94. The summed E-state index contributed by atoms with van der Waals surface area (Å²) < 4.78 is 1.57. The van der Waals surface area contributed by atoms with Crippen molar-refractivity contribution in [2.24, 2.45) is 0 Å². The van der Waals surface area contributed by atoms with E-state index in [1.165, 1.54) is 12.3 Å². The minimum Gasteiger partial charge on any atom is -0.337 e. The van der Waals surface area contributed by atoms with Crippen LogP contribution in [0.4, 0.5) is 5.69 Å². The second-order valence-electron chi connectivity index (χ2n) is 4.44. The van der Waals surface area contributed by atoms with Crippen LogP contribution in [0.2, 0.25) is 0 Å². The average molecular weight is 263 g/mol. The second-order valence-corrected chi connectivity index (χ2v) is 4.44. The van der Waals surface area contributed by atoms with E-state index in [9.17, 15) is 14.9 Å². The normalized spacial score (nSPS) is 11.9. The maximum absolute atomic E-state index is 12.1. The molecule has 0 aliphatic rings. The zero-order chi connectivity index (χ0) is 14.6. The Kier molecular flexibility index (Phi) is 4.70. The van der Waals surface area contributed by atoms with Crippen LogP contribution in [0.25, 0.3) is 0 Å². The van der Waals surface area contributed by atoms with Gasteiger partial charge in [-0.05, 0) is 20.3 Å². The van der Waals surface area contributed by atoms with Crippen LogP contribution in [-0.2, 0) is 0 Å². The SMILES string of the molecule is C#CC(CC)NC(=O)c1cc([N+](=O)[O-])cn1C(C)C. The maximum atomic E-state index is 12.1. The van der Waals surface area contributed by atoms with Gasteiger partial charge in [-0.1, -0.05) is 12.8 Å². The summed E-state index contributed by atoms with van der Waals surface area (Å²) in [5.41, 5.74) is 0.142. The molecule has 1 aromatic heterocycles. The number of amides is 1. The molecule has 0 aromatic carbocycles. The van der Waals surface area contributed by atoms with Gasteiger partial charge in [0.25, 0.3) is 11.6 Å². The summed E-state index contributed by atoms with van der Waals surface area (Å²) in [6, 6.07) is 0.834. The van der Waals surface area contributed by atoms with Crippen molar-refractivity contribution in [3.63, 3.8) is 0 Å². The molecule has 0 fully saturated rings. The van der Waals surface area contributed by atoms with Crippen molar-refractivity contribution in [1.82, 2.24) is 9.88 Å². The number of terminal acetylenes is 1. The van der Waals surface area contributed by atoms with E-state index in [1.54, 1.807) is 4.57 Å². The van der Waals surface area contributed by atoms with Crippen LogP contribution >= 0.6 is 0 Å². The molecule has 0 aliphatic carbocycles. The first-order valence-corrected chi connectivity index (χ1v) is 6.03. The molecule has 1 rings (SSSR count). The zero-order valence-corrected chi connectivity index (χ0v) is 11.2. The Morgan fingerprint density at radius 3 is 2.68 bits per heavy atom. The monoisotopic (exact) mass is 263 g/mol. The van der Waals surface area contributed by atoms with Crippen LogP contribution in [0.5, 0.6) is 0 Å². The summed E-state index contributed by atoms with van der Waals surface area (Å²) in [7, 11) is 0. The first kappa shape index (κ1) is 14.8. The van der Waals surface area contributed by atoms with Crippen molar-refractivity contribution < 1.29 is 9.72 Å². The molecule has 1 unspecified atom stereocenters. The number of hydrogen-bond donors (Lipinski definition) is 1. The fourth-order valence-corrected chi connectivity index (χ4v) is 1.67. The molecule has 1 atom stereocenters. The number of aromatic nitrogens is 1. The third-order valence-corrected chi connectivity index (χ3v) is 2.75. The Labute approximate surface area is 111 Å². The number of carbonyl (C=O) groups excluding carboxylic acids is 1. The lowest BCUT2D eigenvalue weighted by molar-refractivity contribution is -0.384. The van der Waals surface area contributed by atoms with Gasteiger partial charge in [0.2, 0.25) is 0 Å². The second kappa shape index (κ2) is 6.05. The minimum atomic E-state index is -0.520. The molecule has 0 bridgehead atoms. The van der Waals surface area contributed by atoms with Gasteiger partial charge in [-0.2, -0.15) is 0 Å². The fraction of sp³-hybridized carbons (Fsp3) is 0.462. The number of nitrogens with zero attached hydrogens (tertiary/aromatic N) is 2. The van der Waals surface area contributed by atoms with Crippen molar-refractivity contribution in [2.45, 2.75) is 39.3 Å². The topological polar surface area (TPSA) is 77.2 Å². The Morgan fingerprint density at radius 1 is 1.63 bits per heavy atom. The molecule has 0 saturated carbocycles. The molecule has 6 heteroatoms. The largest absolute Gasteiger partial charge is 0.337 e. The minimum absolute atomic E-state index is 0.0552. The molecular formula is C13H17N3O3. The summed E-state index contributed by atoms with van der Waals surface area (Å²) in [5, 5.41) is 13.4. The molecular weight excluding hydrogens is 246 g/mol. The predicted octanol–water partition coefficient (Wildman–Crippen LogP) is 2.12. The highest BCUT2D eigenvalue weighted by Gasteiger charge is 2.21. The Balaban J connectivity index is 3.08. The average Bonchev–Trinajstić information content (AvgIpc) is 2.81. The number of carbonyl (C=O) groups is 1. The van der Waals surface area contributed by atoms with Gasteiger partial charge in [-0.25, -0.2) is 0 Å². The smallest absolute Gasteiger partial charge is 0.287 e. The van der Waals surface area contributed by atoms with Crippen LogP contribution < -0.4 is 5.32 Å². The molecule has 6 nitrogen and oxygen atoms in total. The standard InChI is InChI=1S/C13H17N3O3/c1-5-10(6-2)14-13(17)12-7-11(16(18)19)8-15(12)9(3)4/h1,7-10H,6H2,2-4H3,(H,14,17). The number of nitrogens with one attached hydrogen (secondary N) is 1. The van der Waals surface area contributed by atoms with E-state index >= 15 is 0 Å². The predicted molar refractivity (Wildman–Crippen MR) is 71.8 cm³/mol. The van der Waals surface area contributed by atoms with Crippen LogP contribution in [-0.4, -0.2) is 21.4 Å². The number of rotatable bonds is 5. The fourth-order valence-electron chi connectivity index (χ4n) is 1.67. The van der Waals surface area contributed by atoms with Crippen molar-refractivity contribution in [1.29, 1.82) is 0 Å². The first-order valence-electron chi connectivity index (χ1n) is 6.03. The quantitative estimate of drug-likeness (QED) is 0.502. The van der Waals surface area contributed by atoms with Crippen molar-refractivity contribution in [3.8, 4) is 12.3 Å². The molecule has 1 N–H and O–H groups in total. The summed E-state index contributed by atoms with van der Waals surface area (Å²) in [5.74, 6) is 2.06. The third-order valence-electron chi connectivity index (χ3n) is 2.75. The van der Waals surface area contributed by atoms with Gasteiger partial charge in [0, 0.05) is 12.1 Å². The van der Waals surface area contributed by atoms with Crippen LogP contribution in [0.1, 0.15) is 43.7 Å². The van der Waals surface area contributed by atoms with Gasteiger partial charge in [0.1, 0.15) is 5.69 Å². The summed E-state index contributed by atoms with van der Waals surface area (Å²) >= 11 is 0. The number of hydrogen-bond acceptors (Lipinski definition) is 3. The Bertz CT molecular complexity index is 526. The Hall–Kier alpha value is -2.29. The summed E-state index contributed by atoms with van der Waals surface area (Å²) in [6.45, 7) is 5.55. The van der Waals surface area contributed by atoms with Crippen LogP contribution in [0.15, 0.2) is 12.3 Å². The molecule has 1 amide bonds. The highest BCUT2D eigenvalue weighted by atomic mass is 16.6. The van der Waals surface area contributed by atoms with E-state index < -0.39 is 10.8 Å². The summed E-state index contributed by atoms with van der Waals surface area (Å²) in [4.78, 5) is 22.3. The molecule has 1 aromatic rings. The maximum Gasteiger partial charge on any atom is 0.287 e. The van der Waals surface area contributed by atoms with E-state index in [2.05, 4.69) is 11.2 Å². The molecule has 19 heavy (non-hydrogen) atoms. The van der Waals surface area contributed by atoms with E-state index in [0.717, 1.165) is 0 Å². The zero-order valence-electron chi connectivity index (χ0n) is 11.2. The van der Waals surface area contributed by atoms with E-state index in [0.29, 0.717) is 6.42 Å². The third kappa shape index (κ3) is 3.35. The van der Waals surface area contributed by atoms with Gasteiger partial charge in [-0.15, -0.1) is 6.42 Å².